The van der Waals surface area contributed by atoms with E-state index in [0.717, 1.165) is 24.3 Å². The molecular weight excluding hydrogens is 477 g/mol. The van der Waals surface area contributed by atoms with Gasteiger partial charge in [-0.2, -0.15) is 13.2 Å². The summed E-state index contributed by atoms with van der Waals surface area (Å²) in [4.78, 5) is 37.3. The zero-order valence-electron chi connectivity index (χ0n) is 18.8. The number of benzene rings is 3. The number of aliphatic carboxylic acids is 1. The van der Waals surface area contributed by atoms with Crippen LogP contribution in [0.1, 0.15) is 33.1 Å². The van der Waals surface area contributed by atoms with Gasteiger partial charge >= 0.3 is 12.1 Å². The Hall–Kier alpha value is -4.18. The number of carbonyl (C=O) groups is 3. The summed E-state index contributed by atoms with van der Waals surface area (Å²) in [5, 5.41) is 25.2. The molecule has 7 nitrogen and oxygen atoms in total. The van der Waals surface area contributed by atoms with Gasteiger partial charge < -0.3 is 20.8 Å². The van der Waals surface area contributed by atoms with E-state index < -0.39 is 47.7 Å². The Morgan fingerprint density at radius 1 is 0.806 bits per heavy atom. The maximum Gasteiger partial charge on any atom is 0.416 e. The van der Waals surface area contributed by atoms with E-state index in [-0.39, 0.29) is 17.5 Å². The predicted octanol–water partition coefficient (Wildman–Crippen LogP) is 3.35. The molecular formula is C26H23F3N2O5. The van der Waals surface area contributed by atoms with E-state index in [2.05, 4.69) is 10.6 Å². The van der Waals surface area contributed by atoms with Crippen molar-refractivity contribution in [1.82, 2.24) is 10.6 Å². The van der Waals surface area contributed by atoms with Crippen LogP contribution in [0.5, 0.6) is 0 Å². The van der Waals surface area contributed by atoms with Crippen LogP contribution in [0.4, 0.5) is 13.2 Å². The lowest BCUT2D eigenvalue weighted by Crippen LogP contribution is -2.50. The Morgan fingerprint density at radius 2 is 1.36 bits per heavy atom. The number of amides is 2. The van der Waals surface area contributed by atoms with Gasteiger partial charge in [0.25, 0.3) is 11.8 Å². The molecule has 0 aliphatic heterocycles. The molecule has 0 bridgehead atoms. The van der Waals surface area contributed by atoms with Gasteiger partial charge in [0.05, 0.1) is 11.6 Å². The van der Waals surface area contributed by atoms with Crippen LogP contribution in [0.15, 0.2) is 84.9 Å². The quantitative estimate of drug-likeness (QED) is 0.360. The molecule has 0 unspecified atom stereocenters. The van der Waals surface area contributed by atoms with Crippen LogP contribution >= 0.6 is 0 Å². The van der Waals surface area contributed by atoms with Crippen LogP contribution in [0.3, 0.4) is 0 Å². The summed E-state index contributed by atoms with van der Waals surface area (Å²) in [5.74, 6) is -3.08. The first-order chi connectivity index (χ1) is 17.1. The molecule has 2 amide bonds. The van der Waals surface area contributed by atoms with E-state index in [1.807, 2.05) is 0 Å². The van der Waals surface area contributed by atoms with E-state index in [4.69, 9.17) is 0 Å². The highest BCUT2D eigenvalue weighted by atomic mass is 19.4. The van der Waals surface area contributed by atoms with Crippen molar-refractivity contribution < 1.29 is 37.8 Å². The minimum absolute atomic E-state index is 0.238. The molecule has 10 heteroatoms. The topological polar surface area (TPSA) is 116 Å². The lowest BCUT2D eigenvalue weighted by molar-refractivity contribution is -0.143. The van der Waals surface area contributed by atoms with Crippen LogP contribution in [0.25, 0.3) is 0 Å². The zero-order chi connectivity index (χ0) is 26.3. The Morgan fingerprint density at radius 3 is 1.89 bits per heavy atom. The Bertz CT molecular complexity index is 1190. The summed E-state index contributed by atoms with van der Waals surface area (Å²) in [6.45, 7) is 0. The molecule has 0 radical (unpaired) electrons. The Labute approximate surface area is 204 Å². The lowest BCUT2D eigenvalue weighted by atomic mass is 9.99. The van der Waals surface area contributed by atoms with Crippen molar-refractivity contribution in [2.45, 2.75) is 30.8 Å². The predicted molar refractivity (Wildman–Crippen MR) is 124 cm³/mol. The molecule has 0 spiro atoms. The summed E-state index contributed by atoms with van der Waals surface area (Å²) >= 11 is 0. The first-order valence-electron chi connectivity index (χ1n) is 10.8. The van der Waals surface area contributed by atoms with Gasteiger partial charge in [-0.25, -0.2) is 4.79 Å². The number of aliphatic hydroxyl groups is 1. The maximum absolute atomic E-state index is 12.8. The summed E-state index contributed by atoms with van der Waals surface area (Å²) in [6, 6.07) is 17.4. The lowest BCUT2D eigenvalue weighted by Gasteiger charge is -2.25. The average Bonchev–Trinajstić information content (AvgIpc) is 2.87. The zero-order valence-corrected chi connectivity index (χ0v) is 18.8. The Balaban J connectivity index is 1.76. The average molecular weight is 500 g/mol. The molecule has 0 fully saturated rings. The van der Waals surface area contributed by atoms with E-state index in [9.17, 15) is 37.8 Å². The van der Waals surface area contributed by atoms with E-state index in [1.54, 1.807) is 60.7 Å². The van der Waals surface area contributed by atoms with Crippen LogP contribution in [0, 0.1) is 0 Å². The number of hydrogen-bond donors (Lipinski definition) is 4. The summed E-state index contributed by atoms with van der Waals surface area (Å²) in [5.41, 5.74) is 0.0374. The number of nitrogens with one attached hydrogen (secondary N) is 2. The fourth-order valence-corrected chi connectivity index (χ4v) is 3.49. The van der Waals surface area contributed by atoms with Gasteiger partial charge in [-0.15, -0.1) is 0 Å². The normalized spacial score (nSPS) is 13.8. The largest absolute Gasteiger partial charge is 0.480 e. The fourth-order valence-electron chi connectivity index (χ4n) is 3.49. The van der Waals surface area contributed by atoms with Gasteiger partial charge in [-0.1, -0.05) is 60.7 Å². The van der Waals surface area contributed by atoms with Gasteiger partial charge in [0.2, 0.25) is 0 Å². The van der Waals surface area contributed by atoms with Crippen LogP contribution in [-0.2, 0) is 22.2 Å². The summed E-state index contributed by atoms with van der Waals surface area (Å²) < 4.78 is 38.3. The maximum atomic E-state index is 12.8. The second-order valence-electron chi connectivity index (χ2n) is 7.97. The van der Waals surface area contributed by atoms with Gasteiger partial charge in [-0.3, -0.25) is 9.59 Å². The molecule has 36 heavy (non-hydrogen) atoms. The summed E-state index contributed by atoms with van der Waals surface area (Å²) in [6.07, 6.45) is -6.73. The highest BCUT2D eigenvalue weighted by Gasteiger charge is 2.33. The first-order valence-corrected chi connectivity index (χ1v) is 10.8. The van der Waals surface area contributed by atoms with Crippen molar-refractivity contribution in [3.05, 3.63) is 107 Å². The van der Waals surface area contributed by atoms with Crippen LogP contribution in [0.2, 0.25) is 0 Å². The third kappa shape index (κ3) is 6.92. The molecule has 0 saturated carbocycles. The van der Waals surface area contributed by atoms with E-state index in [0.29, 0.717) is 5.56 Å². The van der Waals surface area contributed by atoms with E-state index in [1.165, 1.54) is 0 Å². The van der Waals surface area contributed by atoms with Crippen molar-refractivity contribution in [2.75, 3.05) is 0 Å². The SMILES string of the molecule is O=C(N[C@@H](c1ccccc1)[C@@H](O)C(=O)N[C@H](Cc1ccc(C(F)(F)F)cc1)C(=O)O)c1ccccc1. The number of aliphatic hydroxyl groups excluding tert-OH is 1. The third-order valence-electron chi connectivity index (χ3n) is 5.40. The van der Waals surface area contributed by atoms with Crippen molar-refractivity contribution in [3.63, 3.8) is 0 Å². The van der Waals surface area contributed by atoms with Gasteiger partial charge in [0, 0.05) is 12.0 Å². The number of carboxylic acid groups (broad SMARTS) is 1. The highest BCUT2D eigenvalue weighted by Crippen LogP contribution is 2.29. The molecule has 0 saturated heterocycles. The molecule has 3 rings (SSSR count). The van der Waals surface area contributed by atoms with Crippen LogP contribution < -0.4 is 10.6 Å². The van der Waals surface area contributed by atoms with Crippen molar-refractivity contribution in [3.8, 4) is 0 Å². The van der Waals surface area contributed by atoms with Crippen molar-refractivity contribution >= 4 is 17.8 Å². The number of rotatable bonds is 9. The molecule has 0 aliphatic carbocycles. The fraction of sp³-hybridized carbons (Fsp3) is 0.192. The van der Waals surface area contributed by atoms with Crippen molar-refractivity contribution in [2.24, 2.45) is 0 Å². The van der Waals surface area contributed by atoms with Gasteiger partial charge in [0.15, 0.2) is 6.10 Å². The number of hydrogen-bond acceptors (Lipinski definition) is 4. The third-order valence-corrected chi connectivity index (χ3v) is 5.40. The van der Waals surface area contributed by atoms with E-state index >= 15 is 0 Å². The summed E-state index contributed by atoms with van der Waals surface area (Å²) in [7, 11) is 0. The number of alkyl halides is 3. The minimum Gasteiger partial charge on any atom is -0.480 e. The standard InChI is InChI=1S/C26H23F3N2O5/c27-26(28,29)19-13-11-16(12-14-19)15-20(25(35)36)30-24(34)22(32)21(17-7-3-1-4-8-17)31-23(33)18-9-5-2-6-10-18/h1-14,20-22,32H,15H2,(H,30,34)(H,31,33)(H,35,36)/t20-,21+,22-/m1/s1. The van der Waals surface area contributed by atoms with Gasteiger partial charge in [0.1, 0.15) is 6.04 Å². The minimum atomic E-state index is -4.54. The molecule has 4 N–H and O–H groups in total. The molecule has 0 aromatic heterocycles. The smallest absolute Gasteiger partial charge is 0.416 e. The molecule has 0 heterocycles. The molecule has 3 aromatic carbocycles. The monoisotopic (exact) mass is 500 g/mol. The molecule has 3 atom stereocenters. The molecule has 3 aromatic rings. The second-order valence-corrected chi connectivity index (χ2v) is 7.97. The van der Waals surface area contributed by atoms with Crippen LogP contribution in [-0.4, -0.2) is 40.1 Å². The number of halogens is 3. The second kappa shape index (κ2) is 11.5. The van der Waals surface area contributed by atoms with Gasteiger partial charge in [-0.05, 0) is 35.4 Å². The molecule has 188 valence electrons. The Kier molecular flexibility index (Phi) is 8.44. The first kappa shape index (κ1) is 26.4. The number of carbonyl (C=O) groups excluding carboxylic acids is 2. The molecule has 0 aliphatic rings. The number of carboxylic acids is 1. The van der Waals surface area contributed by atoms with Crippen molar-refractivity contribution in [1.29, 1.82) is 0 Å². The highest BCUT2D eigenvalue weighted by molar-refractivity contribution is 5.95.